The van der Waals surface area contributed by atoms with Gasteiger partial charge in [-0.1, -0.05) is 55.0 Å². The smallest absolute Gasteiger partial charge is 0.253 e. The van der Waals surface area contributed by atoms with Crippen LogP contribution in [0.5, 0.6) is 0 Å². The summed E-state index contributed by atoms with van der Waals surface area (Å²) in [6.45, 7) is 6.38. The SMILES string of the molecule is O=C(c1ccccc1)N1CCC(c2nnnn2Cc2ccccc2)(N2CCCN(C3CCC3)CC2)CC1. The van der Waals surface area contributed by atoms with Crippen LogP contribution >= 0.6 is 0 Å². The van der Waals surface area contributed by atoms with Gasteiger partial charge in [0.25, 0.3) is 5.91 Å². The van der Waals surface area contributed by atoms with Crippen molar-refractivity contribution in [3.63, 3.8) is 0 Å². The average molecular weight is 500 g/mol. The Kier molecular flexibility index (Phi) is 7.02. The van der Waals surface area contributed by atoms with Crippen molar-refractivity contribution in [3.8, 4) is 0 Å². The van der Waals surface area contributed by atoms with Gasteiger partial charge in [-0.15, -0.1) is 5.10 Å². The Balaban J connectivity index is 1.27. The minimum atomic E-state index is -0.276. The van der Waals surface area contributed by atoms with Crippen molar-refractivity contribution < 1.29 is 4.79 Å². The van der Waals surface area contributed by atoms with E-state index in [-0.39, 0.29) is 11.4 Å². The zero-order valence-corrected chi connectivity index (χ0v) is 21.6. The molecule has 2 aromatic carbocycles. The predicted molar refractivity (Wildman–Crippen MR) is 142 cm³/mol. The number of carbonyl (C=O) groups is 1. The Morgan fingerprint density at radius 2 is 1.57 bits per heavy atom. The van der Waals surface area contributed by atoms with Crippen molar-refractivity contribution in [2.45, 2.75) is 56.7 Å². The van der Waals surface area contributed by atoms with Crippen LogP contribution in [-0.2, 0) is 12.1 Å². The minimum absolute atomic E-state index is 0.116. The average Bonchev–Trinajstić information content (AvgIpc) is 3.25. The fraction of sp³-hybridized carbons (Fsp3) is 0.517. The van der Waals surface area contributed by atoms with Crippen molar-refractivity contribution >= 4 is 5.91 Å². The van der Waals surface area contributed by atoms with Crippen LogP contribution in [0.4, 0.5) is 0 Å². The molecule has 8 nitrogen and oxygen atoms in total. The molecular formula is C29H37N7O. The highest BCUT2D eigenvalue weighted by Gasteiger charge is 2.47. The quantitative estimate of drug-likeness (QED) is 0.518. The van der Waals surface area contributed by atoms with Crippen LogP contribution in [0.3, 0.4) is 0 Å². The number of amides is 1. The first-order valence-corrected chi connectivity index (χ1v) is 13.9. The highest BCUT2D eigenvalue weighted by atomic mass is 16.2. The van der Waals surface area contributed by atoms with Gasteiger partial charge in [0.2, 0.25) is 0 Å². The van der Waals surface area contributed by atoms with E-state index in [1.54, 1.807) is 0 Å². The molecular weight excluding hydrogens is 462 g/mol. The van der Waals surface area contributed by atoms with E-state index in [2.05, 4.69) is 49.6 Å². The van der Waals surface area contributed by atoms with Crippen LogP contribution in [0.1, 0.15) is 60.3 Å². The molecule has 1 aromatic heterocycles. The monoisotopic (exact) mass is 499 g/mol. The molecule has 1 aliphatic carbocycles. The molecule has 0 spiro atoms. The molecule has 3 aromatic rings. The summed E-state index contributed by atoms with van der Waals surface area (Å²) in [6.07, 6.45) is 6.89. The van der Waals surface area contributed by atoms with Gasteiger partial charge in [-0.3, -0.25) is 14.6 Å². The van der Waals surface area contributed by atoms with Crippen molar-refractivity contribution in [1.82, 2.24) is 34.9 Å². The molecule has 3 fully saturated rings. The minimum Gasteiger partial charge on any atom is -0.338 e. The standard InChI is InChI=1S/C29H37N7O/c37-27(25-11-5-2-6-12-25)34-19-15-29(16-20-34,35-18-8-17-33(21-22-35)26-13-7-14-26)28-30-31-32-36(28)23-24-9-3-1-4-10-24/h1-6,9-12,26H,7-8,13-23H2. The Morgan fingerprint density at radius 3 is 2.27 bits per heavy atom. The lowest BCUT2D eigenvalue weighted by molar-refractivity contribution is 0.00915. The molecule has 0 radical (unpaired) electrons. The van der Waals surface area contributed by atoms with Crippen LogP contribution < -0.4 is 0 Å². The summed E-state index contributed by atoms with van der Waals surface area (Å²) >= 11 is 0. The predicted octanol–water partition coefficient (Wildman–Crippen LogP) is 3.41. The van der Waals surface area contributed by atoms with Gasteiger partial charge >= 0.3 is 0 Å². The summed E-state index contributed by atoms with van der Waals surface area (Å²) in [7, 11) is 0. The van der Waals surface area contributed by atoms with E-state index in [1.807, 2.05) is 46.0 Å². The Labute approximate surface area is 219 Å². The normalized spacial score (nSPS) is 21.4. The van der Waals surface area contributed by atoms with Gasteiger partial charge < -0.3 is 4.90 Å². The number of benzene rings is 2. The van der Waals surface area contributed by atoms with Gasteiger partial charge in [0.15, 0.2) is 5.82 Å². The van der Waals surface area contributed by atoms with Gasteiger partial charge in [0.05, 0.1) is 12.1 Å². The molecule has 0 N–H and O–H groups in total. The maximum atomic E-state index is 13.3. The highest BCUT2D eigenvalue weighted by molar-refractivity contribution is 5.94. The topological polar surface area (TPSA) is 70.4 Å². The Hall–Kier alpha value is -3.10. The largest absolute Gasteiger partial charge is 0.338 e. The molecule has 0 unspecified atom stereocenters. The first kappa shape index (κ1) is 24.2. The second-order valence-electron chi connectivity index (χ2n) is 10.8. The first-order chi connectivity index (χ1) is 18.2. The molecule has 8 heteroatoms. The van der Waals surface area contributed by atoms with E-state index in [1.165, 1.54) is 31.4 Å². The molecule has 6 rings (SSSR count). The summed E-state index contributed by atoms with van der Waals surface area (Å²) in [5, 5.41) is 13.3. The van der Waals surface area contributed by atoms with Crippen molar-refractivity contribution in [2.75, 3.05) is 39.3 Å². The van der Waals surface area contributed by atoms with E-state index >= 15 is 0 Å². The van der Waals surface area contributed by atoms with E-state index in [9.17, 15) is 4.79 Å². The number of piperidine rings is 1. The number of tetrazole rings is 1. The molecule has 2 aliphatic heterocycles. The molecule has 37 heavy (non-hydrogen) atoms. The molecule has 0 bridgehead atoms. The maximum absolute atomic E-state index is 13.3. The van der Waals surface area contributed by atoms with Gasteiger partial charge in [-0.25, -0.2) is 4.68 Å². The third-order valence-electron chi connectivity index (χ3n) is 8.75. The Bertz CT molecular complexity index is 1170. The number of carbonyl (C=O) groups excluding carboxylic acids is 1. The van der Waals surface area contributed by atoms with Crippen LogP contribution in [0.15, 0.2) is 60.7 Å². The summed E-state index contributed by atoms with van der Waals surface area (Å²) in [4.78, 5) is 20.6. The summed E-state index contributed by atoms with van der Waals surface area (Å²) < 4.78 is 2.00. The number of likely N-dealkylation sites (tertiary alicyclic amines) is 1. The maximum Gasteiger partial charge on any atom is 0.253 e. The number of aromatic nitrogens is 4. The highest BCUT2D eigenvalue weighted by Crippen LogP contribution is 2.39. The van der Waals surface area contributed by atoms with E-state index in [0.717, 1.165) is 56.3 Å². The summed E-state index contributed by atoms with van der Waals surface area (Å²) in [5.74, 6) is 1.06. The first-order valence-electron chi connectivity index (χ1n) is 13.9. The van der Waals surface area contributed by atoms with E-state index < -0.39 is 0 Å². The molecule has 194 valence electrons. The fourth-order valence-corrected chi connectivity index (χ4v) is 6.41. The number of hydrogen-bond acceptors (Lipinski definition) is 6. The molecule has 1 amide bonds. The lowest BCUT2D eigenvalue weighted by Gasteiger charge is -2.47. The lowest BCUT2D eigenvalue weighted by atomic mass is 9.83. The van der Waals surface area contributed by atoms with Gasteiger partial charge in [-0.05, 0) is 66.8 Å². The van der Waals surface area contributed by atoms with E-state index in [0.29, 0.717) is 19.6 Å². The van der Waals surface area contributed by atoms with Crippen LogP contribution in [0.2, 0.25) is 0 Å². The molecule has 3 heterocycles. The van der Waals surface area contributed by atoms with Crippen LogP contribution in [0, 0.1) is 0 Å². The third-order valence-corrected chi connectivity index (χ3v) is 8.75. The van der Waals surface area contributed by atoms with Gasteiger partial charge in [0, 0.05) is 44.3 Å². The fourth-order valence-electron chi connectivity index (χ4n) is 6.41. The number of rotatable bonds is 6. The zero-order chi connectivity index (χ0) is 25.1. The van der Waals surface area contributed by atoms with Crippen LogP contribution in [-0.4, -0.2) is 86.1 Å². The third kappa shape index (κ3) is 4.92. The second kappa shape index (κ2) is 10.7. The number of hydrogen-bond donors (Lipinski definition) is 0. The number of nitrogens with zero attached hydrogens (tertiary/aromatic N) is 7. The second-order valence-corrected chi connectivity index (χ2v) is 10.8. The van der Waals surface area contributed by atoms with Crippen LogP contribution in [0.25, 0.3) is 0 Å². The van der Waals surface area contributed by atoms with E-state index in [4.69, 9.17) is 0 Å². The molecule has 1 saturated carbocycles. The van der Waals surface area contributed by atoms with Crippen molar-refractivity contribution in [1.29, 1.82) is 0 Å². The van der Waals surface area contributed by atoms with Gasteiger partial charge in [-0.2, -0.15) is 0 Å². The Morgan fingerprint density at radius 1 is 0.838 bits per heavy atom. The zero-order valence-electron chi connectivity index (χ0n) is 21.6. The van der Waals surface area contributed by atoms with Crippen molar-refractivity contribution in [2.24, 2.45) is 0 Å². The van der Waals surface area contributed by atoms with Crippen molar-refractivity contribution in [3.05, 3.63) is 77.6 Å². The summed E-state index contributed by atoms with van der Waals surface area (Å²) in [6, 6.07) is 20.8. The summed E-state index contributed by atoms with van der Waals surface area (Å²) in [5.41, 5.74) is 1.67. The van der Waals surface area contributed by atoms with Gasteiger partial charge in [0.1, 0.15) is 0 Å². The molecule has 2 saturated heterocycles. The lowest BCUT2D eigenvalue weighted by Crippen LogP contribution is -2.56. The molecule has 3 aliphatic rings. The molecule has 0 atom stereocenters.